The Morgan fingerprint density at radius 1 is 1.32 bits per heavy atom. The molecule has 0 aliphatic heterocycles. The molecule has 0 aromatic heterocycles. The maximum Gasteiger partial charge on any atom is 0.305 e. The normalized spacial score (nSPS) is 15.2. The molecule has 1 aliphatic carbocycles. The van der Waals surface area contributed by atoms with Crippen molar-refractivity contribution < 1.29 is 9.53 Å². The van der Waals surface area contributed by atoms with Gasteiger partial charge in [-0.25, -0.2) is 0 Å². The molecule has 0 fully saturated rings. The van der Waals surface area contributed by atoms with Gasteiger partial charge in [-0.1, -0.05) is 11.6 Å². The second kappa shape index (κ2) is 12.1. The van der Waals surface area contributed by atoms with Gasteiger partial charge in [0.25, 0.3) is 0 Å². The van der Waals surface area contributed by atoms with E-state index in [1.54, 1.807) is 5.57 Å². The molecule has 0 heterocycles. The van der Waals surface area contributed by atoms with Crippen LogP contribution in [-0.4, -0.2) is 38.7 Å². The van der Waals surface area contributed by atoms with E-state index in [-0.39, 0.29) is 5.97 Å². The number of allylic oxidation sites excluding steroid dienone is 1. The highest BCUT2D eigenvalue weighted by molar-refractivity contribution is 5.79. The monoisotopic (exact) mass is 309 g/mol. The number of esters is 1. The molecule has 0 aromatic rings. The summed E-state index contributed by atoms with van der Waals surface area (Å²) in [5.41, 5.74) is 1.58. The number of nitrogens with one attached hydrogen (secondary N) is 2. The lowest BCUT2D eigenvalue weighted by Crippen LogP contribution is -2.38. The summed E-state index contributed by atoms with van der Waals surface area (Å²) in [5, 5.41) is 6.64. The van der Waals surface area contributed by atoms with E-state index in [2.05, 4.69) is 33.4 Å². The average Bonchev–Trinajstić information content (AvgIpc) is 2.55. The van der Waals surface area contributed by atoms with Crippen molar-refractivity contribution in [3.8, 4) is 0 Å². The van der Waals surface area contributed by atoms with Crippen molar-refractivity contribution in [3.05, 3.63) is 11.6 Å². The largest absolute Gasteiger partial charge is 0.469 e. The van der Waals surface area contributed by atoms with Gasteiger partial charge in [-0.15, -0.1) is 0 Å². The predicted molar refractivity (Wildman–Crippen MR) is 91.0 cm³/mol. The summed E-state index contributed by atoms with van der Waals surface area (Å²) in [4.78, 5) is 15.6. The lowest BCUT2D eigenvalue weighted by atomic mass is 9.97. The Kier molecular flexibility index (Phi) is 10.2. The van der Waals surface area contributed by atoms with Crippen molar-refractivity contribution in [2.24, 2.45) is 4.99 Å². The summed E-state index contributed by atoms with van der Waals surface area (Å²) < 4.78 is 4.62. The maximum atomic E-state index is 11.0. The van der Waals surface area contributed by atoms with Crippen LogP contribution in [0.2, 0.25) is 0 Å². The molecule has 0 bridgehead atoms. The third kappa shape index (κ3) is 8.70. The third-order valence-electron chi connectivity index (χ3n) is 3.75. The Morgan fingerprint density at radius 2 is 2.18 bits per heavy atom. The van der Waals surface area contributed by atoms with Gasteiger partial charge in [-0.3, -0.25) is 9.79 Å². The number of guanidine groups is 1. The van der Waals surface area contributed by atoms with Crippen LogP contribution in [-0.2, 0) is 9.53 Å². The van der Waals surface area contributed by atoms with Crippen LogP contribution in [0.15, 0.2) is 16.6 Å². The highest BCUT2D eigenvalue weighted by atomic mass is 16.5. The van der Waals surface area contributed by atoms with E-state index < -0.39 is 0 Å². The molecule has 5 nitrogen and oxygen atoms in total. The first kappa shape index (κ1) is 18.5. The molecule has 1 aliphatic rings. The van der Waals surface area contributed by atoms with Gasteiger partial charge in [0.1, 0.15) is 0 Å². The maximum absolute atomic E-state index is 11.0. The Morgan fingerprint density at radius 3 is 2.86 bits per heavy atom. The highest BCUT2D eigenvalue weighted by Gasteiger charge is 2.04. The number of carbonyl (C=O) groups excluding carboxylic acids is 1. The van der Waals surface area contributed by atoms with Gasteiger partial charge in [0.15, 0.2) is 5.96 Å². The van der Waals surface area contributed by atoms with Gasteiger partial charge >= 0.3 is 5.97 Å². The number of hydrogen-bond donors (Lipinski definition) is 2. The molecule has 5 heteroatoms. The number of unbranched alkanes of at least 4 members (excludes halogenated alkanes) is 1. The van der Waals surface area contributed by atoms with E-state index in [0.717, 1.165) is 44.9 Å². The lowest BCUT2D eigenvalue weighted by Gasteiger charge is -2.15. The summed E-state index contributed by atoms with van der Waals surface area (Å²) in [6, 6.07) is 0. The molecule has 2 N–H and O–H groups in total. The number of nitrogens with zero attached hydrogens (tertiary/aromatic N) is 1. The fraction of sp³-hybridized carbons (Fsp3) is 0.765. The number of methoxy groups -OCH3 is 1. The van der Waals surface area contributed by atoms with Crippen LogP contribution in [0.4, 0.5) is 0 Å². The number of rotatable bonds is 9. The average molecular weight is 309 g/mol. The molecule has 0 atom stereocenters. The van der Waals surface area contributed by atoms with E-state index in [1.807, 2.05) is 0 Å². The van der Waals surface area contributed by atoms with E-state index in [4.69, 9.17) is 0 Å². The van der Waals surface area contributed by atoms with Crippen LogP contribution in [0, 0.1) is 0 Å². The van der Waals surface area contributed by atoms with E-state index in [9.17, 15) is 4.79 Å². The molecule has 0 radical (unpaired) electrons. The minimum absolute atomic E-state index is 0.144. The van der Waals surface area contributed by atoms with Gasteiger partial charge < -0.3 is 15.4 Å². The molecule has 0 spiro atoms. The van der Waals surface area contributed by atoms with Crippen molar-refractivity contribution >= 4 is 11.9 Å². The van der Waals surface area contributed by atoms with Crippen LogP contribution < -0.4 is 10.6 Å². The molecule has 0 saturated carbocycles. The van der Waals surface area contributed by atoms with Crippen molar-refractivity contribution in [2.45, 2.75) is 58.3 Å². The molecule has 0 saturated heterocycles. The number of ether oxygens (including phenoxy) is 1. The first-order valence-corrected chi connectivity index (χ1v) is 8.53. The van der Waals surface area contributed by atoms with Gasteiger partial charge in [-0.05, 0) is 51.9 Å². The fourth-order valence-electron chi connectivity index (χ4n) is 2.49. The van der Waals surface area contributed by atoms with Crippen molar-refractivity contribution in [1.82, 2.24) is 10.6 Å². The third-order valence-corrected chi connectivity index (χ3v) is 3.75. The van der Waals surface area contributed by atoms with E-state index >= 15 is 0 Å². The van der Waals surface area contributed by atoms with E-state index in [1.165, 1.54) is 32.8 Å². The van der Waals surface area contributed by atoms with Crippen LogP contribution in [0.25, 0.3) is 0 Å². The molecule has 22 heavy (non-hydrogen) atoms. The fourth-order valence-corrected chi connectivity index (χ4v) is 2.49. The van der Waals surface area contributed by atoms with Crippen molar-refractivity contribution in [3.63, 3.8) is 0 Å². The standard InChI is InChI=1S/C17H31N3O2/c1-3-18-17(19-13-8-7-11-16(21)22-2)20-14-12-15-9-5-4-6-10-15/h9H,3-8,10-14H2,1-2H3,(H2,18,19,20). The van der Waals surface area contributed by atoms with E-state index in [0.29, 0.717) is 6.42 Å². The number of carbonyl (C=O) groups is 1. The van der Waals surface area contributed by atoms with Crippen LogP contribution in [0.1, 0.15) is 58.3 Å². The topological polar surface area (TPSA) is 62.7 Å². The van der Waals surface area contributed by atoms with Crippen LogP contribution in [0.3, 0.4) is 0 Å². The molecule has 0 aromatic carbocycles. The zero-order valence-electron chi connectivity index (χ0n) is 14.1. The zero-order chi connectivity index (χ0) is 16.0. The van der Waals surface area contributed by atoms with Crippen LogP contribution >= 0.6 is 0 Å². The molecule has 126 valence electrons. The molecule has 0 amide bonds. The minimum atomic E-state index is -0.144. The second-order valence-corrected chi connectivity index (χ2v) is 5.58. The Labute approximate surface area is 134 Å². The van der Waals surface area contributed by atoms with Crippen LogP contribution in [0.5, 0.6) is 0 Å². The number of hydrogen-bond acceptors (Lipinski definition) is 3. The zero-order valence-corrected chi connectivity index (χ0v) is 14.1. The van der Waals surface area contributed by atoms with Gasteiger partial charge in [0.2, 0.25) is 0 Å². The quantitative estimate of drug-likeness (QED) is 0.226. The second-order valence-electron chi connectivity index (χ2n) is 5.58. The first-order chi connectivity index (χ1) is 10.8. The van der Waals surface area contributed by atoms with Crippen molar-refractivity contribution in [2.75, 3.05) is 26.7 Å². The summed E-state index contributed by atoms with van der Waals surface area (Å²) in [5.74, 6) is 0.728. The smallest absolute Gasteiger partial charge is 0.305 e. The van der Waals surface area contributed by atoms with Gasteiger partial charge in [0.05, 0.1) is 7.11 Å². The summed E-state index contributed by atoms with van der Waals surface area (Å²) >= 11 is 0. The highest BCUT2D eigenvalue weighted by Crippen LogP contribution is 2.19. The van der Waals surface area contributed by atoms with Gasteiger partial charge in [-0.2, -0.15) is 0 Å². The molecule has 0 unspecified atom stereocenters. The van der Waals surface area contributed by atoms with Gasteiger partial charge in [0, 0.05) is 26.1 Å². The summed E-state index contributed by atoms with van der Waals surface area (Å²) in [7, 11) is 1.43. The summed E-state index contributed by atoms with van der Waals surface area (Å²) in [6.45, 7) is 4.59. The van der Waals surface area contributed by atoms with Crippen molar-refractivity contribution in [1.29, 1.82) is 0 Å². The Bertz CT molecular complexity index is 378. The SMILES string of the molecule is CCNC(=NCCCCC(=O)OC)NCCC1=CCCCC1. The molecular formula is C17H31N3O2. The molecular weight excluding hydrogens is 278 g/mol. The molecule has 1 rings (SSSR count). The first-order valence-electron chi connectivity index (χ1n) is 8.53. The Balaban J connectivity index is 2.20. The minimum Gasteiger partial charge on any atom is -0.469 e. The number of aliphatic imine (C=N–C) groups is 1. The summed E-state index contributed by atoms with van der Waals surface area (Å²) in [6.07, 6.45) is 10.9. The predicted octanol–water partition coefficient (Wildman–Crippen LogP) is 2.78. The Hall–Kier alpha value is -1.52. The lowest BCUT2D eigenvalue weighted by molar-refractivity contribution is -0.140.